The molecule has 0 heterocycles. The Morgan fingerprint density at radius 2 is 1.80 bits per heavy atom. The first-order chi connectivity index (χ1) is 9.72. The third-order valence-electron chi connectivity index (χ3n) is 3.16. The van der Waals surface area contributed by atoms with Crippen molar-refractivity contribution in [2.24, 2.45) is 0 Å². The number of rotatable bonds is 6. The van der Waals surface area contributed by atoms with Crippen LogP contribution in [-0.2, 0) is 13.2 Å². The van der Waals surface area contributed by atoms with Gasteiger partial charge >= 0.3 is 0 Å². The smallest absolute Gasteiger partial charge is 0.127 e. The average molecular weight is 271 g/mol. The van der Waals surface area contributed by atoms with Crippen LogP contribution in [-0.4, -0.2) is 14.2 Å². The van der Waals surface area contributed by atoms with E-state index in [1.54, 1.807) is 7.11 Å². The molecule has 106 valence electrons. The fraction of sp³-hybridized carbons (Fsp3) is 0.294. The van der Waals surface area contributed by atoms with Crippen molar-refractivity contribution in [1.82, 2.24) is 5.32 Å². The molecule has 0 aliphatic rings. The number of aryl methyl sites for hydroxylation is 1. The molecule has 3 heteroatoms. The lowest BCUT2D eigenvalue weighted by molar-refractivity contribution is 0.300. The van der Waals surface area contributed by atoms with E-state index in [0.29, 0.717) is 6.61 Å². The molecule has 0 amide bonds. The van der Waals surface area contributed by atoms with E-state index in [-0.39, 0.29) is 0 Å². The summed E-state index contributed by atoms with van der Waals surface area (Å²) in [5, 5.41) is 3.15. The zero-order valence-electron chi connectivity index (χ0n) is 12.3. The van der Waals surface area contributed by atoms with Gasteiger partial charge in [0.2, 0.25) is 0 Å². The van der Waals surface area contributed by atoms with E-state index in [2.05, 4.69) is 36.5 Å². The first-order valence-electron chi connectivity index (χ1n) is 6.73. The fourth-order valence-corrected chi connectivity index (χ4v) is 1.98. The Hall–Kier alpha value is -2.00. The maximum Gasteiger partial charge on any atom is 0.127 e. The standard InChI is InChI=1S/C17H21NO2/c1-13-4-6-14(7-5-13)12-20-17-10-16(19-3)9-8-15(17)11-18-2/h4-10,18H,11-12H2,1-3H3. The highest BCUT2D eigenvalue weighted by molar-refractivity contribution is 5.41. The van der Waals surface area contributed by atoms with E-state index in [9.17, 15) is 0 Å². The summed E-state index contributed by atoms with van der Waals surface area (Å²) in [7, 11) is 3.59. The molecule has 0 aliphatic heterocycles. The maximum atomic E-state index is 5.94. The van der Waals surface area contributed by atoms with E-state index in [0.717, 1.165) is 29.2 Å². The molecule has 0 fully saturated rings. The van der Waals surface area contributed by atoms with Gasteiger partial charge in [-0.1, -0.05) is 35.9 Å². The molecular weight excluding hydrogens is 250 g/mol. The summed E-state index contributed by atoms with van der Waals surface area (Å²) < 4.78 is 11.2. The second-order valence-electron chi connectivity index (χ2n) is 4.78. The molecule has 0 saturated carbocycles. The summed E-state index contributed by atoms with van der Waals surface area (Å²) in [4.78, 5) is 0. The van der Waals surface area contributed by atoms with Crippen LogP contribution in [0.2, 0.25) is 0 Å². The molecular formula is C17H21NO2. The topological polar surface area (TPSA) is 30.5 Å². The maximum absolute atomic E-state index is 5.94. The van der Waals surface area contributed by atoms with Crippen LogP contribution in [0.1, 0.15) is 16.7 Å². The number of nitrogens with one attached hydrogen (secondary N) is 1. The van der Waals surface area contributed by atoms with Crippen molar-refractivity contribution in [2.75, 3.05) is 14.2 Å². The van der Waals surface area contributed by atoms with Gasteiger partial charge in [-0.2, -0.15) is 0 Å². The third-order valence-corrected chi connectivity index (χ3v) is 3.16. The summed E-state index contributed by atoms with van der Waals surface area (Å²) >= 11 is 0. The summed E-state index contributed by atoms with van der Waals surface area (Å²) in [6.07, 6.45) is 0. The quantitative estimate of drug-likeness (QED) is 0.874. The molecule has 1 N–H and O–H groups in total. The first kappa shape index (κ1) is 14.4. The largest absolute Gasteiger partial charge is 0.497 e. The van der Waals surface area contributed by atoms with Gasteiger partial charge in [0.05, 0.1) is 7.11 Å². The molecule has 2 aromatic carbocycles. The lowest BCUT2D eigenvalue weighted by Crippen LogP contribution is -2.07. The van der Waals surface area contributed by atoms with Crippen molar-refractivity contribution in [3.63, 3.8) is 0 Å². The van der Waals surface area contributed by atoms with Gasteiger partial charge in [-0.15, -0.1) is 0 Å². The Morgan fingerprint density at radius 1 is 1.05 bits per heavy atom. The Bertz CT molecular complexity index is 549. The van der Waals surface area contributed by atoms with Gasteiger partial charge in [-0.25, -0.2) is 0 Å². The summed E-state index contributed by atoms with van der Waals surface area (Å²) in [5.41, 5.74) is 3.54. The molecule has 0 saturated heterocycles. The highest BCUT2D eigenvalue weighted by atomic mass is 16.5. The molecule has 2 rings (SSSR count). The second-order valence-corrected chi connectivity index (χ2v) is 4.78. The summed E-state index contributed by atoms with van der Waals surface area (Å²) in [5.74, 6) is 1.67. The lowest BCUT2D eigenvalue weighted by Gasteiger charge is -2.13. The summed E-state index contributed by atoms with van der Waals surface area (Å²) in [6.45, 7) is 3.41. The molecule has 0 spiro atoms. The van der Waals surface area contributed by atoms with Gasteiger partial charge in [-0.3, -0.25) is 0 Å². The second kappa shape index (κ2) is 6.96. The predicted molar refractivity (Wildman–Crippen MR) is 81.3 cm³/mol. The Labute approximate surface area is 120 Å². The highest BCUT2D eigenvalue weighted by Crippen LogP contribution is 2.25. The summed E-state index contributed by atoms with van der Waals surface area (Å²) in [6, 6.07) is 14.3. The Morgan fingerprint density at radius 3 is 2.45 bits per heavy atom. The molecule has 20 heavy (non-hydrogen) atoms. The van der Waals surface area contributed by atoms with E-state index >= 15 is 0 Å². The molecule has 2 aromatic rings. The van der Waals surface area contributed by atoms with Crippen LogP contribution in [0.15, 0.2) is 42.5 Å². The molecule has 0 bridgehead atoms. The van der Waals surface area contributed by atoms with Gasteiger partial charge in [0.15, 0.2) is 0 Å². The van der Waals surface area contributed by atoms with Crippen LogP contribution in [0.5, 0.6) is 11.5 Å². The van der Waals surface area contributed by atoms with E-state index < -0.39 is 0 Å². The van der Waals surface area contributed by atoms with Crippen molar-refractivity contribution in [1.29, 1.82) is 0 Å². The van der Waals surface area contributed by atoms with Gasteiger partial charge in [0, 0.05) is 18.2 Å². The van der Waals surface area contributed by atoms with Crippen molar-refractivity contribution in [2.45, 2.75) is 20.1 Å². The van der Waals surface area contributed by atoms with Gasteiger partial charge in [0.1, 0.15) is 18.1 Å². The number of benzene rings is 2. The zero-order chi connectivity index (χ0) is 14.4. The zero-order valence-corrected chi connectivity index (χ0v) is 12.3. The normalized spacial score (nSPS) is 10.3. The van der Waals surface area contributed by atoms with E-state index in [1.165, 1.54) is 5.56 Å². The monoisotopic (exact) mass is 271 g/mol. The van der Waals surface area contributed by atoms with Crippen molar-refractivity contribution < 1.29 is 9.47 Å². The molecule has 0 aromatic heterocycles. The van der Waals surface area contributed by atoms with Crippen LogP contribution in [0.3, 0.4) is 0 Å². The van der Waals surface area contributed by atoms with Crippen LogP contribution < -0.4 is 14.8 Å². The van der Waals surface area contributed by atoms with Gasteiger partial charge in [0.25, 0.3) is 0 Å². The molecule has 0 atom stereocenters. The molecule has 0 aliphatic carbocycles. The molecule has 3 nitrogen and oxygen atoms in total. The number of ether oxygens (including phenoxy) is 2. The third kappa shape index (κ3) is 3.75. The van der Waals surface area contributed by atoms with Crippen molar-refractivity contribution in [3.8, 4) is 11.5 Å². The van der Waals surface area contributed by atoms with Gasteiger partial charge in [-0.05, 0) is 25.6 Å². The minimum atomic E-state index is 0.560. The SMILES string of the molecule is CNCc1ccc(OC)cc1OCc1ccc(C)cc1. The van der Waals surface area contributed by atoms with Crippen LogP contribution in [0.4, 0.5) is 0 Å². The molecule has 0 radical (unpaired) electrons. The number of hydrogen-bond donors (Lipinski definition) is 1. The lowest BCUT2D eigenvalue weighted by atomic mass is 10.1. The fourth-order valence-electron chi connectivity index (χ4n) is 1.98. The van der Waals surface area contributed by atoms with Crippen LogP contribution in [0.25, 0.3) is 0 Å². The van der Waals surface area contributed by atoms with Crippen LogP contribution in [0, 0.1) is 6.92 Å². The van der Waals surface area contributed by atoms with Crippen molar-refractivity contribution >= 4 is 0 Å². The first-order valence-corrected chi connectivity index (χ1v) is 6.73. The molecule has 0 unspecified atom stereocenters. The van der Waals surface area contributed by atoms with E-state index in [1.807, 2.05) is 25.2 Å². The van der Waals surface area contributed by atoms with Crippen molar-refractivity contribution in [3.05, 3.63) is 59.2 Å². The minimum Gasteiger partial charge on any atom is -0.497 e. The minimum absolute atomic E-state index is 0.560. The van der Waals surface area contributed by atoms with Gasteiger partial charge < -0.3 is 14.8 Å². The predicted octanol–water partition coefficient (Wildman–Crippen LogP) is 3.30. The average Bonchev–Trinajstić information content (AvgIpc) is 2.48. The Kier molecular flexibility index (Phi) is 5.02. The number of methoxy groups -OCH3 is 1. The Balaban J connectivity index is 2.12. The highest BCUT2D eigenvalue weighted by Gasteiger charge is 2.06. The number of hydrogen-bond acceptors (Lipinski definition) is 3. The van der Waals surface area contributed by atoms with E-state index in [4.69, 9.17) is 9.47 Å². The van der Waals surface area contributed by atoms with Crippen LogP contribution >= 0.6 is 0 Å².